The molecular formula is C42H46N6O3. The first-order valence-corrected chi connectivity index (χ1v) is 18.2. The normalized spacial score (nSPS) is 20.5. The van der Waals surface area contributed by atoms with Gasteiger partial charge in [0.05, 0.1) is 41.6 Å². The van der Waals surface area contributed by atoms with E-state index in [0.717, 1.165) is 89.1 Å². The number of nitrogens with zero attached hydrogens (tertiary/aromatic N) is 4. The zero-order valence-corrected chi connectivity index (χ0v) is 29.7. The number of benzene rings is 3. The van der Waals surface area contributed by atoms with E-state index in [4.69, 9.17) is 19.4 Å². The number of fused-ring (bicyclic) bond motifs is 2. The van der Waals surface area contributed by atoms with Crippen LogP contribution in [0.25, 0.3) is 44.2 Å². The van der Waals surface area contributed by atoms with E-state index in [2.05, 4.69) is 88.2 Å². The molecule has 1 amide bonds. The molecule has 0 bridgehead atoms. The van der Waals surface area contributed by atoms with Crippen LogP contribution >= 0.6 is 0 Å². The highest BCUT2D eigenvalue weighted by Crippen LogP contribution is 2.37. The lowest BCUT2D eigenvalue weighted by Gasteiger charge is -2.32. The smallest absolute Gasteiger partial charge is 0.410 e. The van der Waals surface area contributed by atoms with Crippen molar-refractivity contribution in [3.8, 4) is 22.4 Å². The van der Waals surface area contributed by atoms with Crippen molar-refractivity contribution in [2.45, 2.75) is 70.6 Å². The second kappa shape index (κ2) is 13.4. The van der Waals surface area contributed by atoms with E-state index in [-0.39, 0.29) is 29.7 Å². The minimum atomic E-state index is -0.292. The van der Waals surface area contributed by atoms with E-state index in [1.807, 2.05) is 44.0 Å². The maximum atomic E-state index is 13.1. The Morgan fingerprint density at radius 1 is 0.882 bits per heavy atom. The van der Waals surface area contributed by atoms with Gasteiger partial charge in [-0.2, -0.15) is 0 Å². The number of nitrogens with one attached hydrogen (secondary N) is 2. The summed E-state index contributed by atoms with van der Waals surface area (Å²) in [6.45, 7) is 12.3. The third-order valence-corrected chi connectivity index (χ3v) is 10.2. The molecule has 0 radical (unpaired) electrons. The summed E-state index contributed by atoms with van der Waals surface area (Å²) in [5, 5.41) is 2.33. The SMILES string of the molecule is C=C(OC(C)(C)C)N1CCC[C@H]1c1ncc(-c2ccc3cc(-c4ccc5nc([C@@H]6CCCN6C(=O)OCC6C=CC=CC6)[nH]c5c4)ccc3c2)[nH]1. The highest BCUT2D eigenvalue weighted by molar-refractivity contribution is 5.91. The predicted octanol–water partition coefficient (Wildman–Crippen LogP) is 9.60. The van der Waals surface area contributed by atoms with Crippen molar-refractivity contribution in [1.82, 2.24) is 29.7 Å². The average molecular weight is 683 g/mol. The molecule has 3 aliphatic rings. The van der Waals surface area contributed by atoms with Gasteiger partial charge in [-0.25, -0.2) is 14.8 Å². The summed E-state index contributed by atoms with van der Waals surface area (Å²) in [7, 11) is 0. The van der Waals surface area contributed by atoms with Crippen molar-refractivity contribution in [3.63, 3.8) is 0 Å². The molecule has 5 aromatic rings. The van der Waals surface area contributed by atoms with Gasteiger partial charge < -0.3 is 24.3 Å². The Balaban J connectivity index is 0.967. The van der Waals surface area contributed by atoms with Gasteiger partial charge in [-0.1, -0.05) is 54.6 Å². The van der Waals surface area contributed by atoms with Crippen molar-refractivity contribution in [2.75, 3.05) is 19.7 Å². The summed E-state index contributed by atoms with van der Waals surface area (Å²) in [6, 6.07) is 19.5. The fourth-order valence-electron chi connectivity index (χ4n) is 7.66. The summed E-state index contributed by atoms with van der Waals surface area (Å²) in [4.78, 5) is 34.0. The van der Waals surface area contributed by atoms with E-state index in [9.17, 15) is 4.79 Å². The van der Waals surface area contributed by atoms with Crippen molar-refractivity contribution >= 4 is 27.9 Å². The van der Waals surface area contributed by atoms with Gasteiger partial charge in [0.15, 0.2) is 5.88 Å². The molecule has 2 N–H and O–H groups in total. The molecule has 2 aliphatic heterocycles. The van der Waals surface area contributed by atoms with Crippen LogP contribution in [0.3, 0.4) is 0 Å². The third kappa shape index (κ3) is 6.89. The molecule has 1 unspecified atom stereocenters. The molecule has 9 heteroatoms. The molecule has 9 nitrogen and oxygen atoms in total. The van der Waals surface area contributed by atoms with Crippen molar-refractivity contribution in [2.24, 2.45) is 5.92 Å². The zero-order chi connectivity index (χ0) is 35.1. The maximum absolute atomic E-state index is 13.1. The molecule has 2 aromatic heterocycles. The first-order valence-electron chi connectivity index (χ1n) is 18.2. The van der Waals surface area contributed by atoms with Gasteiger partial charge in [-0.05, 0) is 106 Å². The summed E-state index contributed by atoms with van der Waals surface area (Å²) < 4.78 is 11.8. The lowest BCUT2D eigenvalue weighted by molar-refractivity contribution is -0.00142. The number of hydrogen-bond acceptors (Lipinski definition) is 6. The van der Waals surface area contributed by atoms with Crippen LogP contribution < -0.4 is 0 Å². The number of carbonyl (C=O) groups is 1. The Morgan fingerprint density at radius 3 is 2.35 bits per heavy atom. The zero-order valence-electron chi connectivity index (χ0n) is 29.7. The number of amides is 1. The third-order valence-electron chi connectivity index (χ3n) is 10.2. The number of aromatic amines is 2. The van der Waals surface area contributed by atoms with Gasteiger partial charge in [0.2, 0.25) is 0 Å². The molecule has 0 spiro atoms. The van der Waals surface area contributed by atoms with Gasteiger partial charge >= 0.3 is 6.09 Å². The van der Waals surface area contributed by atoms with Crippen LogP contribution in [0.1, 0.15) is 76.6 Å². The minimum absolute atomic E-state index is 0.116. The molecule has 3 atom stereocenters. The maximum Gasteiger partial charge on any atom is 0.410 e. The number of hydrogen-bond donors (Lipinski definition) is 2. The van der Waals surface area contributed by atoms with Crippen LogP contribution in [0.15, 0.2) is 97.6 Å². The van der Waals surface area contributed by atoms with E-state index >= 15 is 0 Å². The fraction of sp³-hybridized carbons (Fsp3) is 0.357. The highest BCUT2D eigenvalue weighted by Gasteiger charge is 2.34. The molecule has 8 rings (SSSR count). The van der Waals surface area contributed by atoms with Gasteiger partial charge in [0.25, 0.3) is 0 Å². The Labute approximate surface area is 299 Å². The second-order valence-electron chi connectivity index (χ2n) is 15.0. The molecule has 3 aromatic carbocycles. The summed E-state index contributed by atoms with van der Waals surface area (Å²) in [5.74, 6) is 2.70. The number of imidazole rings is 2. The quantitative estimate of drug-likeness (QED) is 0.158. The van der Waals surface area contributed by atoms with E-state index in [1.54, 1.807) is 0 Å². The van der Waals surface area contributed by atoms with Crippen molar-refractivity contribution in [3.05, 3.63) is 109 Å². The summed E-state index contributed by atoms with van der Waals surface area (Å²) in [5.41, 5.74) is 5.90. The molecule has 2 fully saturated rings. The standard InChI is InChI=1S/C42H46N6O3/c1-27(51-42(2,3)4)47-20-8-12-37(47)39-43-25-36(46-39)33-17-16-29-22-30(14-15-31(29)23-33)32-18-19-34-35(24-32)45-40(44-34)38-13-9-21-48(38)41(49)50-26-28-10-6-5-7-11-28/h5-7,10,14-19,22-25,28,37-38H,1,8-9,11-13,20-21,26H2,2-4H3,(H,43,46)(H,44,45)/t28?,37-,38-/m0/s1. The average Bonchev–Trinajstić information content (AvgIpc) is 3.95. The number of likely N-dealkylation sites (tertiary alicyclic amines) is 2. The number of ether oxygens (including phenoxy) is 2. The highest BCUT2D eigenvalue weighted by atomic mass is 16.6. The van der Waals surface area contributed by atoms with E-state index < -0.39 is 0 Å². The Bertz CT molecular complexity index is 2150. The van der Waals surface area contributed by atoms with E-state index in [0.29, 0.717) is 19.0 Å². The molecule has 1 aliphatic carbocycles. The first kappa shape index (κ1) is 32.9. The minimum Gasteiger partial charge on any atom is -0.474 e. The van der Waals surface area contributed by atoms with Crippen LogP contribution in [0, 0.1) is 5.92 Å². The number of aromatic nitrogens is 4. The Hall–Kier alpha value is -5.31. The number of H-pyrrole nitrogens is 2. The molecular weight excluding hydrogens is 637 g/mol. The van der Waals surface area contributed by atoms with E-state index in [1.165, 1.54) is 5.39 Å². The van der Waals surface area contributed by atoms with Crippen LogP contribution in [0.4, 0.5) is 4.79 Å². The largest absolute Gasteiger partial charge is 0.474 e. The van der Waals surface area contributed by atoms with Gasteiger partial charge in [-0.15, -0.1) is 0 Å². The molecule has 0 saturated carbocycles. The van der Waals surface area contributed by atoms with Gasteiger partial charge in [0, 0.05) is 24.6 Å². The first-order chi connectivity index (χ1) is 24.7. The summed E-state index contributed by atoms with van der Waals surface area (Å²) in [6.07, 6.45) is 14.7. The van der Waals surface area contributed by atoms with Gasteiger partial charge in [0.1, 0.15) is 17.2 Å². The fourth-order valence-corrected chi connectivity index (χ4v) is 7.66. The summed E-state index contributed by atoms with van der Waals surface area (Å²) >= 11 is 0. The van der Waals surface area contributed by atoms with Crippen LogP contribution in [0.5, 0.6) is 0 Å². The van der Waals surface area contributed by atoms with Crippen LogP contribution in [-0.4, -0.2) is 61.1 Å². The topological polar surface area (TPSA) is 99.4 Å². The van der Waals surface area contributed by atoms with Crippen LogP contribution in [0.2, 0.25) is 0 Å². The molecule has 51 heavy (non-hydrogen) atoms. The molecule has 262 valence electrons. The molecule has 4 heterocycles. The lowest BCUT2D eigenvalue weighted by Crippen LogP contribution is -2.32. The monoisotopic (exact) mass is 682 g/mol. The van der Waals surface area contributed by atoms with Crippen molar-refractivity contribution < 1.29 is 14.3 Å². The predicted molar refractivity (Wildman–Crippen MR) is 202 cm³/mol. The number of allylic oxidation sites excluding steroid dienone is 3. The number of rotatable bonds is 8. The van der Waals surface area contributed by atoms with Crippen LogP contribution in [-0.2, 0) is 9.47 Å². The lowest BCUT2D eigenvalue weighted by atomic mass is 9.99. The second-order valence-corrected chi connectivity index (χ2v) is 15.0. The van der Waals surface area contributed by atoms with Crippen molar-refractivity contribution in [1.29, 1.82) is 0 Å². The Morgan fingerprint density at radius 2 is 1.59 bits per heavy atom. The Kier molecular flexibility index (Phi) is 8.66. The molecule has 2 saturated heterocycles. The number of carbonyl (C=O) groups excluding carboxylic acids is 1. The van der Waals surface area contributed by atoms with Gasteiger partial charge in [-0.3, -0.25) is 4.90 Å².